The standard InChI is InChI=1S/C19H17F3N6/c1-10-4-12(7-24-10)27-18-26-9-15(19(20,21)22)17(28-18)14-8-25-16-5-11(6-23)2-3-13(14)16/h2-3,5,8-10,12,24-25H,4,7H2,1H3,(H,26,27,28)/t10-,12+/m1/s1. The number of nitrogens with one attached hydrogen (secondary N) is 3. The van der Waals surface area contributed by atoms with Gasteiger partial charge in [0.2, 0.25) is 5.95 Å². The predicted octanol–water partition coefficient (Wildman–Crippen LogP) is 3.68. The summed E-state index contributed by atoms with van der Waals surface area (Å²) in [6, 6.07) is 7.19. The van der Waals surface area contributed by atoms with Gasteiger partial charge in [0, 0.05) is 47.5 Å². The monoisotopic (exact) mass is 386 g/mol. The van der Waals surface area contributed by atoms with Crippen LogP contribution in [0.2, 0.25) is 0 Å². The Morgan fingerprint density at radius 3 is 2.82 bits per heavy atom. The van der Waals surface area contributed by atoms with Crippen molar-refractivity contribution in [3.8, 4) is 17.3 Å². The molecule has 1 fully saturated rings. The van der Waals surface area contributed by atoms with E-state index in [2.05, 4.69) is 25.6 Å². The minimum Gasteiger partial charge on any atom is -0.360 e. The Hall–Kier alpha value is -3.12. The molecule has 3 heterocycles. The summed E-state index contributed by atoms with van der Waals surface area (Å²) in [5, 5.41) is 16.0. The summed E-state index contributed by atoms with van der Waals surface area (Å²) in [6.45, 7) is 2.74. The summed E-state index contributed by atoms with van der Waals surface area (Å²) in [5.41, 5.74) is 0.213. The lowest BCUT2D eigenvalue weighted by Crippen LogP contribution is -2.24. The van der Waals surface area contributed by atoms with Crippen molar-refractivity contribution in [1.82, 2.24) is 20.3 Å². The third kappa shape index (κ3) is 3.39. The summed E-state index contributed by atoms with van der Waals surface area (Å²) in [7, 11) is 0. The molecule has 0 spiro atoms. The van der Waals surface area contributed by atoms with Gasteiger partial charge >= 0.3 is 6.18 Å². The number of nitriles is 1. The van der Waals surface area contributed by atoms with E-state index in [1.54, 1.807) is 18.2 Å². The average Bonchev–Trinajstić information content (AvgIpc) is 3.26. The SMILES string of the molecule is C[C@@H]1C[C@H](Nc2ncc(C(F)(F)F)c(-c3c[nH]c4cc(C#N)ccc34)n2)CN1. The summed E-state index contributed by atoms with van der Waals surface area (Å²) in [6.07, 6.45) is -1.46. The quantitative estimate of drug-likeness (QED) is 0.639. The van der Waals surface area contributed by atoms with E-state index in [9.17, 15) is 13.2 Å². The van der Waals surface area contributed by atoms with Crippen LogP contribution < -0.4 is 10.6 Å². The second-order valence-electron chi connectivity index (χ2n) is 6.91. The number of benzene rings is 1. The van der Waals surface area contributed by atoms with Gasteiger partial charge in [0.15, 0.2) is 0 Å². The Morgan fingerprint density at radius 1 is 1.32 bits per heavy atom. The van der Waals surface area contributed by atoms with Gasteiger partial charge in [0.25, 0.3) is 0 Å². The number of H-pyrrole nitrogens is 1. The van der Waals surface area contributed by atoms with Crippen molar-refractivity contribution in [3.63, 3.8) is 0 Å². The molecule has 3 aromatic rings. The minimum atomic E-state index is -4.59. The maximum atomic E-state index is 13.6. The molecule has 1 aliphatic rings. The number of nitrogens with zero attached hydrogens (tertiary/aromatic N) is 3. The van der Waals surface area contributed by atoms with E-state index >= 15 is 0 Å². The molecule has 6 nitrogen and oxygen atoms in total. The van der Waals surface area contributed by atoms with Crippen LogP contribution in [0, 0.1) is 11.3 Å². The van der Waals surface area contributed by atoms with E-state index in [-0.39, 0.29) is 17.7 Å². The molecule has 0 saturated carbocycles. The highest BCUT2D eigenvalue weighted by molar-refractivity contribution is 5.96. The highest BCUT2D eigenvalue weighted by atomic mass is 19.4. The van der Waals surface area contributed by atoms with Crippen molar-refractivity contribution in [2.24, 2.45) is 0 Å². The van der Waals surface area contributed by atoms with E-state index in [1.807, 2.05) is 13.0 Å². The molecule has 0 unspecified atom stereocenters. The number of fused-ring (bicyclic) bond motifs is 1. The van der Waals surface area contributed by atoms with E-state index in [1.165, 1.54) is 6.20 Å². The Labute approximate surface area is 158 Å². The number of aromatic nitrogens is 3. The zero-order valence-electron chi connectivity index (χ0n) is 14.9. The van der Waals surface area contributed by atoms with Crippen LogP contribution in [0.15, 0.2) is 30.6 Å². The lowest BCUT2D eigenvalue weighted by molar-refractivity contribution is -0.137. The fourth-order valence-corrected chi connectivity index (χ4v) is 3.49. The van der Waals surface area contributed by atoms with Crippen molar-refractivity contribution < 1.29 is 13.2 Å². The predicted molar refractivity (Wildman–Crippen MR) is 98.5 cm³/mol. The van der Waals surface area contributed by atoms with Gasteiger partial charge in [-0.05, 0) is 25.5 Å². The highest BCUT2D eigenvalue weighted by Gasteiger charge is 2.36. The molecule has 0 bridgehead atoms. The van der Waals surface area contributed by atoms with E-state index < -0.39 is 11.7 Å². The Bertz CT molecular complexity index is 1070. The molecule has 28 heavy (non-hydrogen) atoms. The zero-order valence-corrected chi connectivity index (χ0v) is 14.9. The van der Waals surface area contributed by atoms with Gasteiger partial charge in [-0.1, -0.05) is 6.07 Å². The van der Waals surface area contributed by atoms with Crippen molar-refractivity contribution in [1.29, 1.82) is 5.26 Å². The Balaban J connectivity index is 1.79. The molecule has 3 N–H and O–H groups in total. The van der Waals surface area contributed by atoms with E-state index in [0.29, 0.717) is 34.6 Å². The van der Waals surface area contributed by atoms with Crippen LogP contribution in [0.25, 0.3) is 22.2 Å². The molecule has 4 rings (SSSR count). The van der Waals surface area contributed by atoms with Gasteiger partial charge in [-0.15, -0.1) is 0 Å². The van der Waals surface area contributed by atoms with Gasteiger partial charge in [-0.2, -0.15) is 18.4 Å². The van der Waals surface area contributed by atoms with Crippen LogP contribution in [0.1, 0.15) is 24.5 Å². The maximum absolute atomic E-state index is 13.6. The van der Waals surface area contributed by atoms with E-state index in [4.69, 9.17) is 5.26 Å². The van der Waals surface area contributed by atoms with Crippen LogP contribution in [0.4, 0.5) is 19.1 Å². The smallest absolute Gasteiger partial charge is 0.360 e. The second-order valence-corrected chi connectivity index (χ2v) is 6.91. The van der Waals surface area contributed by atoms with Gasteiger partial charge in [0.05, 0.1) is 17.3 Å². The summed E-state index contributed by atoms with van der Waals surface area (Å²) >= 11 is 0. The topological polar surface area (TPSA) is 89.4 Å². The lowest BCUT2D eigenvalue weighted by Gasteiger charge is -2.15. The molecule has 1 aliphatic heterocycles. The normalized spacial score (nSPS) is 19.7. The highest BCUT2D eigenvalue weighted by Crippen LogP contribution is 2.38. The average molecular weight is 386 g/mol. The maximum Gasteiger partial charge on any atom is 0.419 e. The van der Waals surface area contributed by atoms with Crippen LogP contribution in [-0.4, -0.2) is 33.6 Å². The van der Waals surface area contributed by atoms with Gasteiger partial charge in [0.1, 0.15) is 5.56 Å². The van der Waals surface area contributed by atoms with Crippen LogP contribution in [-0.2, 0) is 6.18 Å². The number of aromatic amines is 1. The lowest BCUT2D eigenvalue weighted by atomic mass is 10.0. The Kier molecular flexibility index (Phi) is 4.43. The van der Waals surface area contributed by atoms with Gasteiger partial charge < -0.3 is 15.6 Å². The molecular weight excluding hydrogens is 369 g/mol. The second kappa shape index (κ2) is 6.80. The summed E-state index contributed by atoms with van der Waals surface area (Å²) in [4.78, 5) is 11.0. The molecular formula is C19H17F3N6. The third-order valence-electron chi connectivity index (χ3n) is 4.84. The van der Waals surface area contributed by atoms with Crippen molar-refractivity contribution >= 4 is 16.9 Å². The Morgan fingerprint density at radius 2 is 2.14 bits per heavy atom. The number of anilines is 1. The largest absolute Gasteiger partial charge is 0.419 e. The molecule has 0 radical (unpaired) electrons. The molecule has 2 atom stereocenters. The fourth-order valence-electron chi connectivity index (χ4n) is 3.49. The first-order chi connectivity index (χ1) is 13.3. The number of hydrogen-bond acceptors (Lipinski definition) is 5. The van der Waals surface area contributed by atoms with Crippen LogP contribution in [0.3, 0.4) is 0 Å². The minimum absolute atomic E-state index is 0.0562. The molecule has 9 heteroatoms. The first-order valence-corrected chi connectivity index (χ1v) is 8.81. The van der Waals surface area contributed by atoms with Crippen LogP contribution >= 0.6 is 0 Å². The van der Waals surface area contributed by atoms with Gasteiger partial charge in [-0.3, -0.25) is 0 Å². The van der Waals surface area contributed by atoms with Crippen molar-refractivity contribution in [2.45, 2.75) is 31.6 Å². The van der Waals surface area contributed by atoms with Gasteiger partial charge in [-0.25, -0.2) is 9.97 Å². The summed E-state index contributed by atoms with van der Waals surface area (Å²) in [5.74, 6) is 0.159. The van der Waals surface area contributed by atoms with E-state index in [0.717, 1.165) is 12.6 Å². The first kappa shape index (κ1) is 18.3. The number of halogens is 3. The molecule has 1 aromatic carbocycles. The molecule has 0 amide bonds. The summed E-state index contributed by atoms with van der Waals surface area (Å²) < 4.78 is 40.7. The van der Waals surface area contributed by atoms with Crippen molar-refractivity contribution in [3.05, 3.63) is 41.7 Å². The number of alkyl halides is 3. The molecule has 144 valence electrons. The number of hydrogen-bond donors (Lipinski definition) is 3. The molecule has 0 aliphatic carbocycles. The third-order valence-corrected chi connectivity index (χ3v) is 4.84. The molecule has 1 saturated heterocycles. The molecule has 2 aromatic heterocycles. The zero-order chi connectivity index (χ0) is 19.9. The van der Waals surface area contributed by atoms with Crippen molar-refractivity contribution in [2.75, 3.05) is 11.9 Å². The van der Waals surface area contributed by atoms with Crippen LogP contribution in [0.5, 0.6) is 0 Å². The fraction of sp³-hybridized carbons (Fsp3) is 0.316. The first-order valence-electron chi connectivity index (χ1n) is 8.81. The number of rotatable bonds is 3.